The number of hydrogen-bond acceptors (Lipinski definition) is 3. The molecule has 0 aliphatic carbocycles. The molecule has 6 nitrogen and oxygen atoms in total. The molecule has 0 saturated heterocycles. The van der Waals surface area contributed by atoms with Gasteiger partial charge in [0.15, 0.2) is 0 Å². The van der Waals surface area contributed by atoms with Gasteiger partial charge in [0, 0.05) is 19.8 Å². The summed E-state index contributed by atoms with van der Waals surface area (Å²) < 4.78 is 0. The standard InChI is InChI=1S/C12H16ClN3O3/c1-7(11(17)18)6-16(3)12(19)15-10-5-14-4-9(13)8(10)2/h4-5,7H,6H2,1-3H3,(H,15,19)(H,17,18). The molecule has 1 aromatic rings. The summed E-state index contributed by atoms with van der Waals surface area (Å²) in [5.41, 5.74) is 1.22. The van der Waals surface area contributed by atoms with Gasteiger partial charge in [0.2, 0.25) is 0 Å². The van der Waals surface area contributed by atoms with Crippen molar-refractivity contribution in [1.82, 2.24) is 9.88 Å². The molecule has 1 heterocycles. The minimum absolute atomic E-state index is 0.119. The van der Waals surface area contributed by atoms with Crippen molar-refractivity contribution in [2.24, 2.45) is 5.92 Å². The number of rotatable bonds is 4. The number of hydrogen-bond donors (Lipinski definition) is 2. The summed E-state index contributed by atoms with van der Waals surface area (Å²) in [5, 5.41) is 11.9. The number of carbonyl (C=O) groups excluding carboxylic acids is 1. The largest absolute Gasteiger partial charge is 0.481 e. The molecule has 0 aliphatic heterocycles. The number of halogens is 1. The van der Waals surface area contributed by atoms with Crippen LogP contribution in [0, 0.1) is 12.8 Å². The molecule has 104 valence electrons. The van der Waals surface area contributed by atoms with E-state index in [1.54, 1.807) is 6.92 Å². The molecule has 0 aliphatic rings. The zero-order chi connectivity index (χ0) is 14.6. The highest BCUT2D eigenvalue weighted by Crippen LogP contribution is 2.21. The van der Waals surface area contributed by atoms with Gasteiger partial charge in [0.05, 0.1) is 22.8 Å². The number of urea groups is 1. The summed E-state index contributed by atoms with van der Waals surface area (Å²) in [4.78, 5) is 27.8. The third kappa shape index (κ3) is 4.10. The first-order valence-electron chi connectivity index (χ1n) is 5.68. The number of nitrogens with zero attached hydrogens (tertiary/aromatic N) is 2. The van der Waals surface area contributed by atoms with Gasteiger partial charge in [-0.05, 0) is 12.5 Å². The topological polar surface area (TPSA) is 82.5 Å². The molecule has 2 amide bonds. The first-order chi connectivity index (χ1) is 8.82. The van der Waals surface area contributed by atoms with E-state index in [2.05, 4.69) is 10.3 Å². The number of carboxylic acid groups (broad SMARTS) is 1. The first-order valence-corrected chi connectivity index (χ1v) is 6.05. The SMILES string of the molecule is Cc1c(Cl)cncc1NC(=O)N(C)CC(C)C(=O)O. The predicted octanol–water partition coefficient (Wildman–Crippen LogP) is 2.23. The van der Waals surface area contributed by atoms with Crippen LogP contribution in [0.5, 0.6) is 0 Å². The Bertz CT molecular complexity index is 493. The van der Waals surface area contributed by atoms with Crippen molar-refractivity contribution in [2.45, 2.75) is 13.8 Å². The van der Waals surface area contributed by atoms with E-state index in [1.165, 1.54) is 31.3 Å². The minimum atomic E-state index is -0.944. The van der Waals surface area contributed by atoms with Gasteiger partial charge >= 0.3 is 12.0 Å². The maximum atomic E-state index is 11.9. The van der Waals surface area contributed by atoms with Gasteiger partial charge in [0.1, 0.15) is 0 Å². The van der Waals surface area contributed by atoms with Crippen molar-refractivity contribution in [2.75, 3.05) is 18.9 Å². The second-order valence-corrected chi connectivity index (χ2v) is 4.75. The molecular weight excluding hydrogens is 270 g/mol. The lowest BCUT2D eigenvalue weighted by atomic mass is 10.2. The second kappa shape index (κ2) is 6.38. The highest BCUT2D eigenvalue weighted by atomic mass is 35.5. The molecule has 1 atom stereocenters. The van der Waals surface area contributed by atoms with E-state index in [-0.39, 0.29) is 6.54 Å². The van der Waals surface area contributed by atoms with E-state index >= 15 is 0 Å². The summed E-state index contributed by atoms with van der Waals surface area (Å²) >= 11 is 5.90. The van der Waals surface area contributed by atoms with Crippen LogP contribution in [0.1, 0.15) is 12.5 Å². The van der Waals surface area contributed by atoms with Crippen LogP contribution in [0.15, 0.2) is 12.4 Å². The summed E-state index contributed by atoms with van der Waals surface area (Å²) in [6, 6.07) is -0.403. The molecule has 0 bridgehead atoms. The summed E-state index contributed by atoms with van der Waals surface area (Å²) in [6.45, 7) is 3.42. The number of pyridine rings is 1. The number of anilines is 1. The Balaban J connectivity index is 2.69. The Hall–Kier alpha value is -1.82. The minimum Gasteiger partial charge on any atom is -0.481 e. The maximum absolute atomic E-state index is 11.9. The van der Waals surface area contributed by atoms with Gasteiger partial charge in [-0.2, -0.15) is 0 Å². The zero-order valence-electron chi connectivity index (χ0n) is 11.0. The molecule has 0 saturated carbocycles. The fourth-order valence-corrected chi connectivity index (χ4v) is 1.57. The monoisotopic (exact) mass is 285 g/mol. The molecule has 0 spiro atoms. The number of carboxylic acids is 1. The van der Waals surface area contributed by atoms with Crippen molar-refractivity contribution in [3.63, 3.8) is 0 Å². The van der Waals surface area contributed by atoms with E-state index in [4.69, 9.17) is 16.7 Å². The molecule has 19 heavy (non-hydrogen) atoms. The van der Waals surface area contributed by atoms with Crippen molar-refractivity contribution in [3.05, 3.63) is 23.0 Å². The van der Waals surface area contributed by atoms with Crippen LogP contribution in [0.2, 0.25) is 5.02 Å². The number of aromatic nitrogens is 1. The molecule has 0 fully saturated rings. The van der Waals surface area contributed by atoms with Crippen molar-refractivity contribution < 1.29 is 14.7 Å². The van der Waals surface area contributed by atoms with Gasteiger partial charge in [-0.15, -0.1) is 0 Å². The Kier molecular flexibility index (Phi) is 5.11. The molecule has 0 aromatic carbocycles. The van der Waals surface area contributed by atoms with E-state index in [0.29, 0.717) is 16.3 Å². The van der Waals surface area contributed by atoms with Crippen molar-refractivity contribution >= 4 is 29.3 Å². The van der Waals surface area contributed by atoms with E-state index in [1.807, 2.05) is 0 Å². The summed E-state index contributed by atoms with van der Waals surface area (Å²) in [5.74, 6) is -1.57. The third-order valence-electron chi connectivity index (χ3n) is 2.71. The smallest absolute Gasteiger partial charge is 0.321 e. The van der Waals surface area contributed by atoms with Crippen LogP contribution in [0.25, 0.3) is 0 Å². The Morgan fingerprint density at radius 1 is 1.53 bits per heavy atom. The Morgan fingerprint density at radius 2 is 2.16 bits per heavy atom. The van der Waals surface area contributed by atoms with E-state index < -0.39 is 17.9 Å². The maximum Gasteiger partial charge on any atom is 0.321 e. The van der Waals surface area contributed by atoms with E-state index in [9.17, 15) is 9.59 Å². The van der Waals surface area contributed by atoms with Crippen LogP contribution in [0.4, 0.5) is 10.5 Å². The van der Waals surface area contributed by atoms with Gasteiger partial charge in [-0.3, -0.25) is 9.78 Å². The molecule has 2 N–H and O–H groups in total. The lowest BCUT2D eigenvalue weighted by Gasteiger charge is -2.20. The molecular formula is C12H16ClN3O3. The van der Waals surface area contributed by atoms with Crippen LogP contribution in [0.3, 0.4) is 0 Å². The highest BCUT2D eigenvalue weighted by Gasteiger charge is 2.18. The van der Waals surface area contributed by atoms with Crippen molar-refractivity contribution in [1.29, 1.82) is 0 Å². The Labute approximate surface area is 116 Å². The number of amides is 2. The average Bonchev–Trinajstić information content (AvgIpc) is 2.34. The molecule has 0 radical (unpaired) electrons. The van der Waals surface area contributed by atoms with Crippen molar-refractivity contribution in [3.8, 4) is 0 Å². The summed E-state index contributed by atoms with van der Waals surface area (Å²) in [7, 11) is 1.53. The van der Waals surface area contributed by atoms with Crippen LogP contribution >= 0.6 is 11.6 Å². The van der Waals surface area contributed by atoms with Gasteiger partial charge in [-0.25, -0.2) is 4.79 Å². The Morgan fingerprint density at radius 3 is 2.74 bits per heavy atom. The average molecular weight is 286 g/mol. The molecule has 7 heteroatoms. The molecule has 1 unspecified atom stereocenters. The third-order valence-corrected chi connectivity index (χ3v) is 3.09. The molecule has 1 aromatic heterocycles. The van der Waals surface area contributed by atoms with Gasteiger partial charge < -0.3 is 15.3 Å². The predicted molar refractivity (Wildman–Crippen MR) is 72.4 cm³/mol. The zero-order valence-corrected chi connectivity index (χ0v) is 11.7. The van der Waals surface area contributed by atoms with Gasteiger partial charge in [0.25, 0.3) is 0 Å². The number of aliphatic carboxylic acids is 1. The van der Waals surface area contributed by atoms with Crippen LogP contribution < -0.4 is 5.32 Å². The van der Waals surface area contributed by atoms with E-state index in [0.717, 1.165) is 0 Å². The fourth-order valence-electron chi connectivity index (χ4n) is 1.41. The quantitative estimate of drug-likeness (QED) is 0.889. The lowest BCUT2D eigenvalue weighted by molar-refractivity contribution is -0.141. The lowest BCUT2D eigenvalue weighted by Crippen LogP contribution is -2.36. The van der Waals surface area contributed by atoms with Crippen LogP contribution in [-0.4, -0.2) is 40.6 Å². The normalized spacial score (nSPS) is 11.8. The molecule has 1 rings (SSSR count). The first kappa shape index (κ1) is 15.2. The second-order valence-electron chi connectivity index (χ2n) is 4.34. The number of nitrogens with one attached hydrogen (secondary N) is 1. The number of carbonyl (C=O) groups is 2. The summed E-state index contributed by atoms with van der Waals surface area (Å²) in [6.07, 6.45) is 2.98. The fraction of sp³-hybridized carbons (Fsp3) is 0.417. The van der Waals surface area contributed by atoms with Crippen LogP contribution in [-0.2, 0) is 4.79 Å². The highest BCUT2D eigenvalue weighted by molar-refractivity contribution is 6.31. The van der Waals surface area contributed by atoms with Gasteiger partial charge in [-0.1, -0.05) is 18.5 Å².